The molecule has 0 spiro atoms. The number of halogens is 3. The van der Waals surface area contributed by atoms with Gasteiger partial charge in [0, 0.05) is 31.9 Å². The first-order chi connectivity index (χ1) is 17.4. The van der Waals surface area contributed by atoms with Crippen molar-refractivity contribution in [3.63, 3.8) is 0 Å². The summed E-state index contributed by atoms with van der Waals surface area (Å²) in [5.74, 6) is 0.00570. The SMILES string of the molecule is C[C@@H](NC(=O)C1=CC(N2CCOCC2)=NN2C[C@@H](C3CCOCC3)N=C12)c1cccc(C(F)F)c1F. The topological polar surface area (TPSA) is 78.8 Å². The molecule has 1 aromatic carbocycles. The van der Waals surface area contributed by atoms with E-state index in [0.29, 0.717) is 69.2 Å². The summed E-state index contributed by atoms with van der Waals surface area (Å²) in [4.78, 5) is 20.4. The van der Waals surface area contributed by atoms with Gasteiger partial charge in [0.1, 0.15) is 11.7 Å². The van der Waals surface area contributed by atoms with Gasteiger partial charge in [-0.1, -0.05) is 18.2 Å². The minimum Gasteiger partial charge on any atom is -0.381 e. The fourth-order valence-corrected chi connectivity index (χ4v) is 5.06. The molecule has 1 aromatic rings. The summed E-state index contributed by atoms with van der Waals surface area (Å²) in [5, 5.41) is 9.35. The molecule has 0 unspecified atom stereocenters. The van der Waals surface area contributed by atoms with Gasteiger partial charge < -0.3 is 19.7 Å². The predicted molar refractivity (Wildman–Crippen MR) is 127 cm³/mol. The monoisotopic (exact) mass is 505 g/mol. The van der Waals surface area contributed by atoms with E-state index in [4.69, 9.17) is 19.6 Å². The highest BCUT2D eigenvalue weighted by atomic mass is 19.3. The van der Waals surface area contributed by atoms with Crippen molar-refractivity contribution in [2.45, 2.75) is 38.3 Å². The largest absolute Gasteiger partial charge is 0.381 e. The number of benzene rings is 1. The molecule has 0 bridgehead atoms. The van der Waals surface area contributed by atoms with Crippen LogP contribution in [0, 0.1) is 11.7 Å². The Balaban J connectivity index is 1.41. The van der Waals surface area contributed by atoms with Crippen LogP contribution in [0.3, 0.4) is 0 Å². The minimum absolute atomic E-state index is 0.00456. The van der Waals surface area contributed by atoms with Gasteiger partial charge in [0.2, 0.25) is 0 Å². The number of hydrazone groups is 1. The second kappa shape index (κ2) is 10.6. The minimum atomic E-state index is -2.94. The van der Waals surface area contributed by atoms with Crippen molar-refractivity contribution in [1.82, 2.24) is 15.2 Å². The quantitative estimate of drug-likeness (QED) is 0.666. The van der Waals surface area contributed by atoms with Crippen molar-refractivity contribution in [1.29, 1.82) is 0 Å². The Bertz CT molecular complexity index is 1080. The number of ether oxygens (including phenoxy) is 2. The third kappa shape index (κ3) is 4.99. The summed E-state index contributed by atoms with van der Waals surface area (Å²) in [5.41, 5.74) is -0.346. The predicted octanol–water partition coefficient (Wildman–Crippen LogP) is 3.04. The number of fused-ring (bicyclic) bond motifs is 1. The van der Waals surface area contributed by atoms with Crippen LogP contribution in [-0.2, 0) is 14.3 Å². The van der Waals surface area contributed by atoms with E-state index in [1.807, 2.05) is 0 Å². The molecule has 0 radical (unpaired) electrons. The number of rotatable bonds is 5. The lowest BCUT2D eigenvalue weighted by molar-refractivity contribution is -0.117. The van der Waals surface area contributed by atoms with Crippen LogP contribution in [-0.4, -0.2) is 79.6 Å². The Morgan fingerprint density at radius 3 is 2.53 bits per heavy atom. The molecule has 1 amide bonds. The summed E-state index contributed by atoms with van der Waals surface area (Å²) in [6.45, 7) is 5.96. The molecule has 11 heteroatoms. The number of carbonyl (C=O) groups excluding carboxylic acids is 1. The van der Waals surface area contributed by atoms with Gasteiger partial charge in [0.05, 0.1) is 43.0 Å². The Labute approximate surface area is 207 Å². The van der Waals surface area contributed by atoms with E-state index in [2.05, 4.69) is 10.2 Å². The normalized spacial score (nSPS) is 23.7. The number of hydrogen-bond donors (Lipinski definition) is 1. The lowest BCUT2D eigenvalue weighted by atomic mass is 9.92. The molecule has 194 valence electrons. The molecule has 1 N–H and O–H groups in total. The lowest BCUT2D eigenvalue weighted by Gasteiger charge is -2.32. The number of carbonyl (C=O) groups is 1. The van der Waals surface area contributed by atoms with Crippen LogP contribution in [0.2, 0.25) is 0 Å². The number of aliphatic imine (C=N–C) groups is 1. The van der Waals surface area contributed by atoms with Gasteiger partial charge in [-0.15, -0.1) is 0 Å². The number of alkyl halides is 2. The number of hydrogen-bond acceptors (Lipinski definition) is 7. The fraction of sp³-hybridized carbons (Fsp3) is 0.560. The first-order valence-electron chi connectivity index (χ1n) is 12.4. The van der Waals surface area contributed by atoms with Crippen LogP contribution < -0.4 is 5.32 Å². The smallest absolute Gasteiger partial charge is 0.266 e. The zero-order valence-electron chi connectivity index (χ0n) is 20.1. The van der Waals surface area contributed by atoms with Gasteiger partial charge in [-0.3, -0.25) is 9.79 Å². The van der Waals surface area contributed by atoms with Crippen molar-refractivity contribution in [2.24, 2.45) is 16.0 Å². The van der Waals surface area contributed by atoms with E-state index in [9.17, 15) is 18.0 Å². The highest BCUT2D eigenvalue weighted by molar-refractivity contribution is 6.25. The molecule has 4 aliphatic heterocycles. The average Bonchev–Trinajstić information content (AvgIpc) is 3.33. The van der Waals surface area contributed by atoms with Gasteiger partial charge in [-0.05, 0) is 31.8 Å². The summed E-state index contributed by atoms with van der Waals surface area (Å²) in [7, 11) is 0. The van der Waals surface area contributed by atoms with Crippen molar-refractivity contribution < 1.29 is 27.4 Å². The first-order valence-corrected chi connectivity index (χ1v) is 12.4. The van der Waals surface area contributed by atoms with Crippen LogP contribution in [0.5, 0.6) is 0 Å². The molecule has 4 aliphatic rings. The van der Waals surface area contributed by atoms with Crippen LogP contribution in [0.4, 0.5) is 13.2 Å². The van der Waals surface area contributed by atoms with Gasteiger partial charge >= 0.3 is 0 Å². The summed E-state index contributed by atoms with van der Waals surface area (Å²) in [6, 6.07) is 2.99. The Hall–Kier alpha value is -2.92. The molecule has 2 atom stereocenters. The summed E-state index contributed by atoms with van der Waals surface area (Å²) >= 11 is 0. The molecule has 0 saturated carbocycles. The summed E-state index contributed by atoms with van der Waals surface area (Å²) in [6.07, 6.45) is 0.570. The number of nitrogens with zero attached hydrogens (tertiary/aromatic N) is 4. The maximum absolute atomic E-state index is 14.7. The van der Waals surface area contributed by atoms with Gasteiger partial charge in [0.15, 0.2) is 5.84 Å². The van der Waals surface area contributed by atoms with E-state index >= 15 is 0 Å². The van der Waals surface area contributed by atoms with E-state index < -0.39 is 29.8 Å². The number of amidine groups is 2. The zero-order valence-corrected chi connectivity index (χ0v) is 20.1. The molecule has 2 saturated heterocycles. The van der Waals surface area contributed by atoms with E-state index in [1.54, 1.807) is 18.0 Å². The zero-order chi connectivity index (χ0) is 25.2. The number of amides is 1. The standard InChI is InChI=1S/C25H30F3N5O3/c1-15(17-3-2-4-18(22(17)26)23(27)28)29-25(34)19-13-21(32-7-11-36-12-8-32)31-33-14-20(30-24(19)33)16-5-9-35-10-6-16/h2-4,13,15-16,20,23H,5-12,14H2,1H3,(H,29,34)/t15-,20+/m1/s1. The van der Waals surface area contributed by atoms with Gasteiger partial charge in [-0.2, -0.15) is 5.10 Å². The van der Waals surface area contributed by atoms with E-state index in [1.165, 1.54) is 12.1 Å². The van der Waals surface area contributed by atoms with Crippen LogP contribution in [0.25, 0.3) is 0 Å². The number of morpholine rings is 1. The van der Waals surface area contributed by atoms with Crippen molar-refractivity contribution in [2.75, 3.05) is 46.1 Å². The van der Waals surface area contributed by atoms with E-state index in [0.717, 1.165) is 18.9 Å². The molecular weight excluding hydrogens is 475 g/mol. The molecule has 0 aliphatic carbocycles. The van der Waals surface area contributed by atoms with Gasteiger partial charge in [-0.25, -0.2) is 18.2 Å². The molecule has 4 heterocycles. The van der Waals surface area contributed by atoms with Crippen LogP contribution in [0.1, 0.15) is 43.4 Å². The average molecular weight is 506 g/mol. The highest BCUT2D eigenvalue weighted by Gasteiger charge is 2.38. The van der Waals surface area contributed by atoms with E-state index in [-0.39, 0.29) is 11.6 Å². The third-order valence-corrected chi connectivity index (χ3v) is 7.13. The van der Waals surface area contributed by atoms with Crippen molar-refractivity contribution >= 4 is 17.6 Å². The third-order valence-electron chi connectivity index (χ3n) is 7.13. The highest BCUT2D eigenvalue weighted by Crippen LogP contribution is 2.31. The van der Waals surface area contributed by atoms with Crippen molar-refractivity contribution in [3.05, 3.63) is 46.8 Å². The Morgan fingerprint density at radius 1 is 1.11 bits per heavy atom. The second-order valence-corrected chi connectivity index (χ2v) is 9.41. The molecule has 36 heavy (non-hydrogen) atoms. The molecule has 8 nitrogen and oxygen atoms in total. The van der Waals surface area contributed by atoms with Gasteiger partial charge in [0.25, 0.3) is 12.3 Å². The summed E-state index contributed by atoms with van der Waals surface area (Å²) < 4.78 is 52.0. The molecule has 5 rings (SSSR count). The molecule has 0 aromatic heterocycles. The second-order valence-electron chi connectivity index (χ2n) is 9.41. The van der Waals surface area contributed by atoms with Crippen LogP contribution >= 0.6 is 0 Å². The maximum Gasteiger partial charge on any atom is 0.266 e. The Morgan fingerprint density at radius 2 is 1.81 bits per heavy atom. The maximum atomic E-state index is 14.7. The molecular formula is C25H30F3N5O3. The van der Waals surface area contributed by atoms with Crippen molar-refractivity contribution in [3.8, 4) is 0 Å². The van der Waals surface area contributed by atoms with Crippen LogP contribution in [0.15, 0.2) is 39.9 Å². The first kappa shape index (κ1) is 24.8. The molecule has 2 fully saturated rings. The fourth-order valence-electron chi connectivity index (χ4n) is 5.06. The number of nitrogens with one attached hydrogen (secondary N) is 1. The Kier molecular flexibility index (Phi) is 7.29. The lowest BCUT2D eigenvalue weighted by Crippen LogP contribution is -2.45.